The predicted molar refractivity (Wildman–Crippen MR) is 88.9 cm³/mol. The molecule has 2 aromatic rings. The van der Waals surface area contributed by atoms with E-state index in [0.29, 0.717) is 0 Å². The first-order valence-electron chi connectivity index (χ1n) is 7.87. The smallest absolute Gasteiger partial charge is 0.185 e. The maximum atomic E-state index is 4.64. The first-order valence-corrected chi connectivity index (χ1v) is 8.69. The van der Waals surface area contributed by atoms with E-state index < -0.39 is 0 Å². The number of rotatable bonds is 4. The van der Waals surface area contributed by atoms with Crippen LogP contribution in [0.1, 0.15) is 12.8 Å². The Morgan fingerprint density at radius 2 is 1.81 bits per heavy atom. The summed E-state index contributed by atoms with van der Waals surface area (Å²) in [5.74, 6) is 1.00. The molecule has 1 saturated carbocycles. The molecule has 1 aromatic heterocycles. The topological polar surface area (TPSA) is 19.4 Å². The van der Waals surface area contributed by atoms with Crippen LogP contribution >= 0.6 is 11.3 Å². The van der Waals surface area contributed by atoms with Gasteiger partial charge in [-0.3, -0.25) is 4.90 Å². The molecule has 21 heavy (non-hydrogen) atoms. The molecule has 2 heterocycles. The minimum Gasteiger partial charge on any atom is -0.346 e. The first kappa shape index (κ1) is 13.3. The zero-order valence-electron chi connectivity index (χ0n) is 12.2. The molecule has 0 amide bonds. The summed E-state index contributed by atoms with van der Waals surface area (Å²) in [5, 5.41) is 1.18. The number of hydrogen-bond donors (Lipinski definition) is 0. The minimum atomic E-state index is 1.00. The number of thiazole rings is 1. The number of piperazine rings is 1. The van der Waals surface area contributed by atoms with Gasteiger partial charge in [-0.2, -0.15) is 0 Å². The van der Waals surface area contributed by atoms with Gasteiger partial charge in [0.2, 0.25) is 0 Å². The molecule has 1 aliphatic carbocycles. The van der Waals surface area contributed by atoms with Crippen molar-refractivity contribution in [2.24, 2.45) is 5.92 Å². The van der Waals surface area contributed by atoms with Crippen molar-refractivity contribution in [2.45, 2.75) is 12.8 Å². The Morgan fingerprint density at radius 1 is 1.05 bits per heavy atom. The van der Waals surface area contributed by atoms with Crippen LogP contribution < -0.4 is 4.90 Å². The van der Waals surface area contributed by atoms with Crippen molar-refractivity contribution >= 4 is 16.5 Å². The van der Waals surface area contributed by atoms with Crippen molar-refractivity contribution in [3.8, 4) is 10.4 Å². The van der Waals surface area contributed by atoms with Gasteiger partial charge in [0, 0.05) is 38.9 Å². The first-order chi connectivity index (χ1) is 10.4. The second-order valence-electron chi connectivity index (χ2n) is 6.10. The van der Waals surface area contributed by atoms with Crippen LogP contribution in [-0.2, 0) is 0 Å². The molecule has 1 aromatic carbocycles. The second-order valence-corrected chi connectivity index (χ2v) is 7.11. The average Bonchev–Trinajstić information content (AvgIpc) is 3.22. The summed E-state index contributed by atoms with van der Waals surface area (Å²) in [6, 6.07) is 10.6. The Morgan fingerprint density at radius 3 is 2.52 bits per heavy atom. The standard InChI is InChI=1S/C17H21N3S/c1-2-4-15(5-3-1)16-12-18-17(21-16)20-10-8-19(9-11-20)13-14-6-7-14/h1-5,12,14H,6-11,13H2. The summed E-state index contributed by atoms with van der Waals surface area (Å²) in [6.07, 6.45) is 4.92. The Labute approximate surface area is 130 Å². The van der Waals surface area contributed by atoms with E-state index >= 15 is 0 Å². The quantitative estimate of drug-likeness (QED) is 0.863. The van der Waals surface area contributed by atoms with E-state index in [1.807, 2.05) is 17.5 Å². The van der Waals surface area contributed by atoms with Crippen LogP contribution in [0.4, 0.5) is 5.13 Å². The summed E-state index contributed by atoms with van der Waals surface area (Å²) in [6.45, 7) is 5.94. The molecule has 1 saturated heterocycles. The summed E-state index contributed by atoms with van der Waals surface area (Å²) < 4.78 is 0. The second kappa shape index (κ2) is 5.78. The molecule has 0 atom stereocenters. The van der Waals surface area contributed by atoms with E-state index in [0.717, 1.165) is 19.0 Å². The van der Waals surface area contributed by atoms with Gasteiger partial charge in [0.05, 0.1) is 4.88 Å². The molecule has 3 nitrogen and oxygen atoms in total. The van der Waals surface area contributed by atoms with Crippen LogP contribution in [0.2, 0.25) is 0 Å². The van der Waals surface area contributed by atoms with Gasteiger partial charge in [-0.05, 0) is 24.3 Å². The van der Waals surface area contributed by atoms with Crippen molar-refractivity contribution in [1.82, 2.24) is 9.88 Å². The molecule has 2 fully saturated rings. The Kier molecular flexibility index (Phi) is 3.65. The third-order valence-corrected chi connectivity index (χ3v) is 5.52. The van der Waals surface area contributed by atoms with Crippen molar-refractivity contribution in [3.05, 3.63) is 36.5 Å². The van der Waals surface area contributed by atoms with Gasteiger partial charge >= 0.3 is 0 Å². The highest BCUT2D eigenvalue weighted by Gasteiger charge is 2.27. The molecular formula is C17H21N3S. The van der Waals surface area contributed by atoms with E-state index in [1.165, 1.54) is 48.0 Å². The molecule has 0 bridgehead atoms. The number of anilines is 1. The van der Waals surface area contributed by atoms with Crippen LogP contribution in [0.5, 0.6) is 0 Å². The molecule has 4 heteroatoms. The highest BCUT2D eigenvalue weighted by atomic mass is 32.1. The summed E-state index contributed by atoms with van der Waals surface area (Å²) in [4.78, 5) is 11.0. The molecule has 4 rings (SSSR count). The maximum absolute atomic E-state index is 4.64. The van der Waals surface area contributed by atoms with Crippen molar-refractivity contribution in [3.63, 3.8) is 0 Å². The molecule has 110 valence electrons. The Balaban J connectivity index is 1.40. The van der Waals surface area contributed by atoms with Gasteiger partial charge < -0.3 is 4.90 Å². The average molecular weight is 299 g/mol. The number of nitrogens with zero attached hydrogens (tertiary/aromatic N) is 3. The fourth-order valence-corrected chi connectivity index (χ4v) is 3.91. The molecular weight excluding hydrogens is 278 g/mol. The highest BCUT2D eigenvalue weighted by Crippen LogP contribution is 2.32. The van der Waals surface area contributed by atoms with Gasteiger partial charge in [0.15, 0.2) is 5.13 Å². The third kappa shape index (κ3) is 3.11. The number of hydrogen-bond acceptors (Lipinski definition) is 4. The van der Waals surface area contributed by atoms with Gasteiger partial charge in [-0.1, -0.05) is 41.7 Å². The van der Waals surface area contributed by atoms with E-state index in [-0.39, 0.29) is 0 Å². The minimum absolute atomic E-state index is 1.00. The summed E-state index contributed by atoms with van der Waals surface area (Å²) in [7, 11) is 0. The van der Waals surface area contributed by atoms with Gasteiger partial charge in [-0.25, -0.2) is 4.98 Å². The zero-order chi connectivity index (χ0) is 14.1. The fourth-order valence-electron chi connectivity index (χ4n) is 2.93. The molecule has 0 radical (unpaired) electrons. The van der Waals surface area contributed by atoms with Crippen LogP contribution in [0.3, 0.4) is 0 Å². The molecule has 2 aliphatic rings. The lowest BCUT2D eigenvalue weighted by Gasteiger charge is -2.34. The third-order valence-electron chi connectivity index (χ3n) is 4.41. The molecule has 0 unspecified atom stereocenters. The Hall–Kier alpha value is -1.39. The van der Waals surface area contributed by atoms with Crippen molar-refractivity contribution < 1.29 is 0 Å². The summed E-state index contributed by atoms with van der Waals surface area (Å²) in [5.41, 5.74) is 1.27. The van der Waals surface area contributed by atoms with Crippen molar-refractivity contribution in [2.75, 3.05) is 37.6 Å². The van der Waals surface area contributed by atoms with E-state index in [2.05, 4.69) is 45.1 Å². The maximum Gasteiger partial charge on any atom is 0.185 e. The number of aromatic nitrogens is 1. The van der Waals surface area contributed by atoms with E-state index in [9.17, 15) is 0 Å². The van der Waals surface area contributed by atoms with Crippen LogP contribution in [0.15, 0.2) is 36.5 Å². The van der Waals surface area contributed by atoms with E-state index in [1.54, 1.807) is 0 Å². The highest BCUT2D eigenvalue weighted by molar-refractivity contribution is 7.18. The zero-order valence-corrected chi connectivity index (χ0v) is 13.1. The largest absolute Gasteiger partial charge is 0.346 e. The van der Waals surface area contributed by atoms with Crippen LogP contribution in [0.25, 0.3) is 10.4 Å². The normalized spacial score (nSPS) is 19.9. The number of benzene rings is 1. The lowest BCUT2D eigenvalue weighted by Crippen LogP contribution is -2.46. The van der Waals surface area contributed by atoms with Gasteiger partial charge in [0.1, 0.15) is 0 Å². The fraction of sp³-hybridized carbons (Fsp3) is 0.471. The van der Waals surface area contributed by atoms with Gasteiger partial charge in [-0.15, -0.1) is 0 Å². The summed E-state index contributed by atoms with van der Waals surface area (Å²) >= 11 is 1.82. The predicted octanol–water partition coefficient (Wildman–Crippen LogP) is 3.34. The molecule has 1 aliphatic heterocycles. The SMILES string of the molecule is c1ccc(-c2cnc(N3CCN(CC4CC4)CC3)s2)cc1. The van der Waals surface area contributed by atoms with Crippen LogP contribution in [0, 0.1) is 5.92 Å². The monoisotopic (exact) mass is 299 g/mol. The Bertz CT molecular complexity index is 583. The van der Waals surface area contributed by atoms with Crippen molar-refractivity contribution in [1.29, 1.82) is 0 Å². The lowest BCUT2D eigenvalue weighted by atomic mass is 10.2. The molecule has 0 N–H and O–H groups in total. The lowest BCUT2D eigenvalue weighted by molar-refractivity contribution is 0.248. The molecule has 0 spiro atoms. The van der Waals surface area contributed by atoms with Crippen LogP contribution in [-0.4, -0.2) is 42.6 Å². The van der Waals surface area contributed by atoms with E-state index in [4.69, 9.17) is 0 Å². The van der Waals surface area contributed by atoms with Gasteiger partial charge in [0.25, 0.3) is 0 Å².